The number of nitrogens with zero attached hydrogens (tertiary/aromatic N) is 5. The molecule has 7 nitrogen and oxygen atoms in total. The molecule has 3 aromatic rings. The molecule has 1 saturated heterocycles. The lowest BCUT2D eigenvalue weighted by Gasteiger charge is -2.28. The number of nitrogens with one attached hydrogen (secondary N) is 2. The zero-order chi connectivity index (χ0) is 21.5. The van der Waals surface area contributed by atoms with Crippen molar-refractivity contribution in [2.45, 2.75) is 42.9 Å². The molecule has 1 aliphatic heterocycles. The smallest absolute Gasteiger partial charge is 0.232 e. The third kappa shape index (κ3) is 6.35. The second-order valence-corrected chi connectivity index (χ2v) is 8.76. The second-order valence-electron chi connectivity index (χ2n) is 7.36. The molecule has 0 radical (unpaired) electrons. The first kappa shape index (κ1) is 21.5. The van der Waals surface area contributed by atoms with E-state index in [2.05, 4.69) is 61.7 Å². The third-order valence-corrected chi connectivity index (χ3v) is 5.96. The fourth-order valence-electron chi connectivity index (χ4n) is 3.27. The number of anilines is 2. The van der Waals surface area contributed by atoms with Crippen molar-refractivity contribution in [3.8, 4) is 0 Å². The Morgan fingerprint density at radius 2 is 1.81 bits per heavy atom. The molecule has 3 heterocycles. The molecule has 1 aliphatic rings. The molecule has 0 unspecified atom stereocenters. The average molecular weight is 452 g/mol. The highest BCUT2D eigenvalue weighted by Gasteiger charge is 2.16. The Hall–Kier alpha value is -2.78. The van der Waals surface area contributed by atoms with Gasteiger partial charge in [0.1, 0.15) is 10.8 Å². The number of rotatable bonds is 6. The molecule has 0 atom stereocenters. The quantitative estimate of drug-likeness (QED) is 0.325. The minimum atomic E-state index is 0.475. The molecule has 0 amide bonds. The number of benzene rings is 1. The van der Waals surface area contributed by atoms with E-state index < -0.39 is 0 Å². The van der Waals surface area contributed by atoms with Crippen LogP contribution in [0, 0.1) is 6.92 Å². The van der Waals surface area contributed by atoms with Gasteiger partial charge in [-0.1, -0.05) is 29.8 Å². The highest BCUT2D eigenvalue weighted by Crippen LogP contribution is 2.28. The second kappa shape index (κ2) is 10.5. The minimum absolute atomic E-state index is 0.475. The standard InChI is InChI=1S/C22H25N7S2/c1-16-6-8-17(9-7-16)15-25-21(30)28-20-26-18(29-12-3-2-4-13-29)14-19(27-20)31-22-23-10-5-11-24-22/h5-11,14H,2-4,12-13,15H2,1H3,(H2,25,26,27,28,30). The van der Waals surface area contributed by atoms with E-state index in [9.17, 15) is 0 Å². The Morgan fingerprint density at radius 1 is 1.06 bits per heavy atom. The molecule has 0 saturated carbocycles. The molecule has 2 aromatic heterocycles. The predicted molar refractivity (Wildman–Crippen MR) is 128 cm³/mol. The molecule has 31 heavy (non-hydrogen) atoms. The molecular weight excluding hydrogens is 426 g/mol. The summed E-state index contributed by atoms with van der Waals surface area (Å²) in [5, 5.41) is 8.30. The van der Waals surface area contributed by atoms with E-state index in [4.69, 9.17) is 17.2 Å². The topological polar surface area (TPSA) is 78.9 Å². The van der Waals surface area contributed by atoms with Crippen LogP contribution in [0.4, 0.5) is 11.8 Å². The van der Waals surface area contributed by atoms with Crippen molar-refractivity contribution in [1.29, 1.82) is 0 Å². The number of aryl methyl sites for hydroxylation is 1. The Bertz CT molecular complexity index is 1010. The zero-order valence-corrected chi connectivity index (χ0v) is 19.0. The summed E-state index contributed by atoms with van der Waals surface area (Å²) in [7, 11) is 0. The summed E-state index contributed by atoms with van der Waals surface area (Å²) in [5.41, 5.74) is 2.40. The van der Waals surface area contributed by atoms with Gasteiger partial charge in [0.05, 0.1) is 0 Å². The van der Waals surface area contributed by atoms with Crippen molar-refractivity contribution < 1.29 is 0 Å². The number of piperidine rings is 1. The first-order valence-corrected chi connectivity index (χ1v) is 11.6. The van der Waals surface area contributed by atoms with Gasteiger partial charge in [-0.05, 0) is 61.8 Å². The van der Waals surface area contributed by atoms with Crippen molar-refractivity contribution in [3.63, 3.8) is 0 Å². The van der Waals surface area contributed by atoms with Crippen LogP contribution in [0.5, 0.6) is 0 Å². The summed E-state index contributed by atoms with van der Waals surface area (Å²) in [4.78, 5) is 20.3. The molecule has 4 rings (SSSR count). The Morgan fingerprint density at radius 3 is 2.55 bits per heavy atom. The fraction of sp³-hybridized carbons (Fsp3) is 0.318. The fourth-order valence-corrected chi connectivity index (χ4v) is 4.15. The van der Waals surface area contributed by atoms with Gasteiger partial charge in [0, 0.05) is 38.1 Å². The van der Waals surface area contributed by atoms with Gasteiger partial charge in [0.2, 0.25) is 5.95 Å². The molecule has 0 aliphatic carbocycles. The first-order chi connectivity index (χ1) is 15.2. The Labute approximate surface area is 192 Å². The van der Waals surface area contributed by atoms with Gasteiger partial charge < -0.3 is 15.5 Å². The van der Waals surface area contributed by atoms with Crippen molar-refractivity contribution in [2.24, 2.45) is 0 Å². The maximum Gasteiger partial charge on any atom is 0.232 e. The van der Waals surface area contributed by atoms with Crippen molar-refractivity contribution in [1.82, 2.24) is 25.3 Å². The van der Waals surface area contributed by atoms with Gasteiger partial charge in [-0.2, -0.15) is 4.98 Å². The van der Waals surface area contributed by atoms with Crippen molar-refractivity contribution in [3.05, 3.63) is 59.9 Å². The van der Waals surface area contributed by atoms with E-state index in [1.54, 1.807) is 18.5 Å². The lowest BCUT2D eigenvalue weighted by molar-refractivity contribution is 0.572. The van der Waals surface area contributed by atoms with Crippen LogP contribution in [-0.4, -0.2) is 38.1 Å². The summed E-state index contributed by atoms with van der Waals surface area (Å²) < 4.78 is 0. The molecule has 1 fully saturated rings. The SMILES string of the molecule is Cc1ccc(CNC(=S)Nc2nc(Sc3ncccn3)cc(N3CCCCC3)n2)cc1. The van der Waals surface area contributed by atoms with Gasteiger partial charge in [-0.25, -0.2) is 15.0 Å². The highest BCUT2D eigenvalue weighted by atomic mass is 32.2. The van der Waals surface area contributed by atoms with Gasteiger partial charge in [0.15, 0.2) is 10.3 Å². The Balaban J connectivity index is 1.48. The van der Waals surface area contributed by atoms with Crippen LogP contribution in [0.15, 0.2) is 59.0 Å². The number of thiocarbonyl (C=S) groups is 1. The van der Waals surface area contributed by atoms with Crippen LogP contribution in [0.3, 0.4) is 0 Å². The molecule has 0 bridgehead atoms. The average Bonchev–Trinajstić information content (AvgIpc) is 2.80. The first-order valence-electron chi connectivity index (χ1n) is 10.3. The minimum Gasteiger partial charge on any atom is -0.358 e. The van der Waals surface area contributed by atoms with Crippen LogP contribution < -0.4 is 15.5 Å². The zero-order valence-electron chi connectivity index (χ0n) is 17.4. The lowest BCUT2D eigenvalue weighted by atomic mass is 10.1. The summed E-state index contributed by atoms with van der Waals surface area (Å²) in [6.07, 6.45) is 7.07. The highest BCUT2D eigenvalue weighted by molar-refractivity contribution is 7.99. The number of hydrogen-bond donors (Lipinski definition) is 2. The van der Waals surface area contributed by atoms with Gasteiger partial charge in [-0.15, -0.1) is 0 Å². The molecule has 2 N–H and O–H groups in total. The molecule has 160 valence electrons. The summed E-state index contributed by atoms with van der Waals surface area (Å²) in [6.45, 7) is 4.71. The van der Waals surface area contributed by atoms with E-state index >= 15 is 0 Å². The Kier molecular flexibility index (Phi) is 7.26. The summed E-state index contributed by atoms with van der Waals surface area (Å²) in [5.74, 6) is 1.37. The van der Waals surface area contributed by atoms with Gasteiger partial charge in [0.25, 0.3) is 0 Å². The molecule has 0 spiro atoms. The predicted octanol–water partition coefficient (Wildman–Crippen LogP) is 4.20. The van der Waals surface area contributed by atoms with Crippen LogP contribution in [0.25, 0.3) is 0 Å². The normalized spacial score (nSPS) is 13.6. The van der Waals surface area contributed by atoms with Crippen molar-refractivity contribution in [2.75, 3.05) is 23.3 Å². The maximum absolute atomic E-state index is 5.49. The number of hydrogen-bond acceptors (Lipinski definition) is 7. The van der Waals surface area contributed by atoms with E-state index in [1.165, 1.54) is 36.6 Å². The van der Waals surface area contributed by atoms with E-state index in [0.29, 0.717) is 22.8 Å². The lowest BCUT2D eigenvalue weighted by Crippen LogP contribution is -2.32. The molecular formula is C22H25N7S2. The number of aromatic nitrogens is 4. The summed E-state index contributed by atoms with van der Waals surface area (Å²) in [6, 6.07) is 12.2. The van der Waals surface area contributed by atoms with Crippen LogP contribution in [0.2, 0.25) is 0 Å². The van der Waals surface area contributed by atoms with Crippen LogP contribution in [-0.2, 0) is 6.54 Å². The molecule has 9 heteroatoms. The van der Waals surface area contributed by atoms with E-state index in [1.807, 2.05) is 6.07 Å². The van der Waals surface area contributed by atoms with Gasteiger partial charge in [-0.3, -0.25) is 0 Å². The monoisotopic (exact) mass is 451 g/mol. The van der Waals surface area contributed by atoms with E-state index in [-0.39, 0.29) is 0 Å². The van der Waals surface area contributed by atoms with Crippen LogP contribution >= 0.6 is 24.0 Å². The van der Waals surface area contributed by atoms with Gasteiger partial charge >= 0.3 is 0 Å². The maximum atomic E-state index is 5.49. The van der Waals surface area contributed by atoms with Crippen molar-refractivity contribution >= 4 is 40.9 Å². The molecule has 1 aromatic carbocycles. The van der Waals surface area contributed by atoms with Crippen LogP contribution in [0.1, 0.15) is 30.4 Å². The summed E-state index contributed by atoms with van der Waals surface area (Å²) >= 11 is 6.90. The largest absolute Gasteiger partial charge is 0.358 e. The third-order valence-electron chi connectivity index (χ3n) is 4.91. The van der Waals surface area contributed by atoms with E-state index in [0.717, 1.165) is 29.5 Å².